The van der Waals surface area contributed by atoms with Gasteiger partial charge in [0.25, 0.3) is 0 Å². The number of rotatable bonds is 1. The van der Waals surface area contributed by atoms with Gasteiger partial charge in [-0.2, -0.15) is 5.01 Å². The number of imide groups is 1. The van der Waals surface area contributed by atoms with Crippen molar-refractivity contribution in [2.45, 2.75) is 0 Å². The van der Waals surface area contributed by atoms with Crippen molar-refractivity contribution in [3.8, 4) is 0 Å². The van der Waals surface area contributed by atoms with Crippen molar-refractivity contribution in [2.24, 2.45) is 0 Å². The monoisotopic (exact) mass is 268 g/mol. The molecule has 0 radical (unpaired) electrons. The van der Waals surface area contributed by atoms with Crippen LogP contribution < -0.4 is 5.01 Å². The minimum absolute atomic E-state index is 0.112. The number of hydrazine groups is 1. The summed E-state index contributed by atoms with van der Waals surface area (Å²) in [5.74, 6) is 0. The Bertz CT molecular complexity index is 475. The highest BCUT2D eigenvalue weighted by Crippen LogP contribution is 2.18. The Morgan fingerprint density at radius 2 is 1.53 bits per heavy atom. The molecule has 0 aliphatic heterocycles. The van der Waals surface area contributed by atoms with Crippen molar-refractivity contribution in [1.82, 2.24) is 5.01 Å². The van der Waals surface area contributed by atoms with E-state index in [2.05, 4.69) is 9.47 Å². The maximum atomic E-state index is 11.7. The van der Waals surface area contributed by atoms with Crippen LogP contribution in [0.4, 0.5) is 20.1 Å². The Hall–Kier alpha value is -2.77. The first-order valence-corrected chi connectivity index (χ1v) is 5.07. The van der Waals surface area contributed by atoms with E-state index in [1.807, 2.05) is 0 Å². The summed E-state index contributed by atoms with van der Waals surface area (Å²) in [4.78, 5) is 34.2. The molecule has 1 rings (SSSR count). The molecule has 0 aliphatic carbocycles. The van der Waals surface area contributed by atoms with E-state index in [1.165, 1.54) is 12.1 Å². The number of anilines is 1. The lowest BCUT2D eigenvalue weighted by molar-refractivity contribution is 0.0978. The average molecular weight is 268 g/mol. The molecule has 0 spiro atoms. The second-order valence-electron chi connectivity index (χ2n) is 3.18. The van der Waals surface area contributed by atoms with E-state index in [-0.39, 0.29) is 10.7 Å². The highest BCUT2D eigenvalue weighted by atomic mass is 16.6. The lowest BCUT2D eigenvalue weighted by atomic mass is 10.3. The zero-order valence-electron chi connectivity index (χ0n) is 10.3. The van der Waals surface area contributed by atoms with Crippen LogP contribution in [0.3, 0.4) is 0 Å². The number of carboxylic acid groups (broad SMARTS) is 1. The standard InChI is InChI=1S/C11H12N2O6/c1-18-10(16)12(8-6-4-3-5-7-8)13(9(14)15)11(17)19-2/h3-7H,1-2H3,(H,14,15). The first kappa shape index (κ1) is 14.3. The number of hydrogen-bond donors (Lipinski definition) is 1. The van der Waals surface area contributed by atoms with E-state index in [4.69, 9.17) is 5.11 Å². The van der Waals surface area contributed by atoms with Gasteiger partial charge >= 0.3 is 18.3 Å². The molecule has 3 amide bonds. The smallest absolute Gasteiger partial charge is 0.439 e. The number of benzene rings is 1. The molecule has 8 heteroatoms. The molecule has 0 saturated heterocycles. The highest BCUT2D eigenvalue weighted by molar-refractivity contribution is 5.98. The Kier molecular flexibility index (Phi) is 4.69. The van der Waals surface area contributed by atoms with E-state index in [0.717, 1.165) is 14.2 Å². The van der Waals surface area contributed by atoms with Gasteiger partial charge in [-0.25, -0.2) is 14.4 Å². The number of methoxy groups -OCH3 is 2. The molecule has 1 aromatic rings. The average Bonchev–Trinajstić information content (AvgIpc) is 2.43. The predicted molar refractivity (Wildman–Crippen MR) is 63.6 cm³/mol. The number of nitrogens with zero attached hydrogens (tertiary/aromatic N) is 2. The van der Waals surface area contributed by atoms with E-state index < -0.39 is 18.3 Å². The van der Waals surface area contributed by atoms with Crippen molar-refractivity contribution in [2.75, 3.05) is 19.2 Å². The molecule has 1 aromatic carbocycles. The molecular weight excluding hydrogens is 256 g/mol. The fourth-order valence-electron chi connectivity index (χ4n) is 1.29. The van der Waals surface area contributed by atoms with Gasteiger partial charge in [-0.3, -0.25) is 0 Å². The Morgan fingerprint density at radius 1 is 1.00 bits per heavy atom. The van der Waals surface area contributed by atoms with Crippen LogP contribution >= 0.6 is 0 Å². The number of para-hydroxylation sites is 1. The van der Waals surface area contributed by atoms with E-state index >= 15 is 0 Å². The van der Waals surface area contributed by atoms with Crippen molar-refractivity contribution >= 4 is 24.0 Å². The number of carbonyl (C=O) groups excluding carboxylic acids is 2. The third kappa shape index (κ3) is 3.12. The molecule has 0 unspecified atom stereocenters. The molecule has 0 aromatic heterocycles. The van der Waals surface area contributed by atoms with Crippen molar-refractivity contribution < 1.29 is 29.0 Å². The summed E-state index contributed by atoms with van der Waals surface area (Å²) in [5, 5.41) is 9.69. The van der Waals surface area contributed by atoms with Gasteiger partial charge in [0, 0.05) is 0 Å². The van der Waals surface area contributed by atoms with Crippen LogP contribution in [0, 0.1) is 0 Å². The van der Waals surface area contributed by atoms with E-state index in [1.54, 1.807) is 18.2 Å². The zero-order chi connectivity index (χ0) is 14.4. The summed E-state index contributed by atoms with van der Waals surface area (Å²) >= 11 is 0. The van der Waals surface area contributed by atoms with Crippen molar-refractivity contribution in [3.63, 3.8) is 0 Å². The van der Waals surface area contributed by atoms with Gasteiger partial charge in [0.15, 0.2) is 0 Å². The molecule has 0 aliphatic rings. The van der Waals surface area contributed by atoms with Crippen LogP contribution in [0.2, 0.25) is 0 Å². The molecule has 0 atom stereocenters. The van der Waals surface area contributed by atoms with Crippen LogP contribution in [0.25, 0.3) is 0 Å². The number of carbonyl (C=O) groups is 3. The normalized spacial score (nSPS) is 9.37. The first-order chi connectivity index (χ1) is 9.02. The molecular formula is C11H12N2O6. The Balaban J connectivity index is 3.26. The Morgan fingerprint density at radius 3 is 1.95 bits per heavy atom. The van der Waals surface area contributed by atoms with Gasteiger partial charge in [0.05, 0.1) is 19.9 Å². The van der Waals surface area contributed by atoms with Crippen molar-refractivity contribution in [1.29, 1.82) is 0 Å². The van der Waals surface area contributed by atoms with E-state index in [9.17, 15) is 14.4 Å². The first-order valence-electron chi connectivity index (χ1n) is 5.07. The third-order valence-electron chi connectivity index (χ3n) is 2.08. The van der Waals surface area contributed by atoms with Gasteiger partial charge in [0.2, 0.25) is 0 Å². The SMILES string of the molecule is COC(=O)N(C(=O)O)N(C(=O)OC)c1ccccc1. The third-order valence-corrected chi connectivity index (χ3v) is 2.08. The maximum Gasteiger partial charge on any atom is 0.439 e. The lowest BCUT2D eigenvalue weighted by Crippen LogP contribution is -2.52. The quantitative estimate of drug-likeness (QED) is 0.781. The summed E-state index contributed by atoms with van der Waals surface area (Å²) in [6.45, 7) is 0. The Labute approximate surface area is 108 Å². The fourth-order valence-corrected chi connectivity index (χ4v) is 1.29. The summed E-state index contributed by atoms with van der Waals surface area (Å²) in [5.41, 5.74) is 0.141. The van der Waals surface area contributed by atoms with Crippen LogP contribution in [0.1, 0.15) is 0 Å². The maximum absolute atomic E-state index is 11.7. The summed E-state index contributed by atoms with van der Waals surface area (Å²) < 4.78 is 8.79. The highest BCUT2D eigenvalue weighted by Gasteiger charge is 2.34. The lowest BCUT2D eigenvalue weighted by Gasteiger charge is -2.28. The number of amides is 3. The molecule has 102 valence electrons. The molecule has 0 fully saturated rings. The summed E-state index contributed by atoms with van der Waals surface area (Å²) in [6.07, 6.45) is -3.96. The minimum Gasteiger partial charge on any atom is -0.463 e. The topological polar surface area (TPSA) is 96.4 Å². The molecule has 0 heterocycles. The van der Waals surface area contributed by atoms with Crippen molar-refractivity contribution in [3.05, 3.63) is 30.3 Å². The van der Waals surface area contributed by atoms with Gasteiger partial charge in [-0.05, 0) is 12.1 Å². The second-order valence-corrected chi connectivity index (χ2v) is 3.18. The predicted octanol–water partition coefficient (Wildman–Crippen LogP) is 1.92. The van der Waals surface area contributed by atoms with Crippen LogP contribution in [-0.4, -0.2) is 42.6 Å². The van der Waals surface area contributed by atoms with E-state index in [0.29, 0.717) is 5.01 Å². The molecule has 1 N–H and O–H groups in total. The number of hydrogen-bond acceptors (Lipinski definition) is 5. The van der Waals surface area contributed by atoms with Gasteiger partial charge < -0.3 is 14.6 Å². The van der Waals surface area contributed by atoms with Crippen LogP contribution in [0.15, 0.2) is 30.3 Å². The van der Waals surface area contributed by atoms with Gasteiger partial charge in [0.1, 0.15) is 0 Å². The molecule has 0 bridgehead atoms. The molecule has 0 saturated carbocycles. The van der Waals surface area contributed by atoms with Gasteiger partial charge in [-0.1, -0.05) is 18.2 Å². The summed E-state index contributed by atoms with van der Waals surface area (Å²) in [6, 6.07) is 7.69. The number of ether oxygens (including phenoxy) is 2. The summed E-state index contributed by atoms with van der Waals surface area (Å²) in [7, 11) is 2.06. The molecule has 19 heavy (non-hydrogen) atoms. The zero-order valence-corrected chi connectivity index (χ0v) is 10.3. The fraction of sp³-hybridized carbons (Fsp3) is 0.182. The molecule has 8 nitrogen and oxygen atoms in total. The van der Waals surface area contributed by atoms with Gasteiger partial charge in [-0.15, -0.1) is 5.01 Å². The van der Waals surface area contributed by atoms with Crippen LogP contribution in [0.5, 0.6) is 0 Å². The largest absolute Gasteiger partial charge is 0.463 e. The second kappa shape index (κ2) is 6.24. The van der Waals surface area contributed by atoms with Crippen LogP contribution in [-0.2, 0) is 9.47 Å². The minimum atomic E-state index is -1.68.